The van der Waals surface area contributed by atoms with Gasteiger partial charge in [0.05, 0.1) is 40.9 Å². The molecule has 0 radical (unpaired) electrons. The monoisotopic (exact) mass is 508 g/mol. The van der Waals surface area contributed by atoms with Crippen molar-refractivity contribution in [1.82, 2.24) is 24.8 Å². The van der Waals surface area contributed by atoms with E-state index in [1.807, 2.05) is 12.1 Å². The Morgan fingerprint density at radius 2 is 2.14 bits per heavy atom. The number of β-amino-alcohol motifs (C(OH)–C–C–N with tert-alkyl or cyclic N) is 1. The maximum atomic E-state index is 13.1. The minimum atomic E-state index is -0.687. The van der Waals surface area contributed by atoms with Gasteiger partial charge < -0.3 is 25.0 Å². The van der Waals surface area contributed by atoms with Crippen LogP contribution in [-0.4, -0.2) is 93.4 Å². The lowest BCUT2D eigenvalue weighted by atomic mass is 9.99. The first-order chi connectivity index (χ1) is 17.4. The van der Waals surface area contributed by atoms with Crippen LogP contribution < -0.4 is 10.1 Å². The van der Waals surface area contributed by atoms with Gasteiger partial charge in [0.2, 0.25) is 11.8 Å². The first kappa shape index (κ1) is 24.4. The highest BCUT2D eigenvalue weighted by atomic mass is 32.2. The quantitative estimate of drug-likeness (QED) is 0.514. The average molecular weight is 509 g/mol. The van der Waals surface area contributed by atoms with Gasteiger partial charge in [-0.25, -0.2) is 9.97 Å². The molecule has 0 bridgehead atoms. The Labute approximate surface area is 213 Å². The second-order valence-corrected chi connectivity index (χ2v) is 9.98. The number of likely N-dealkylation sites (tertiary alicyclic amines) is 1. The minimum absolute atomic E-state index is 0.129. The highest BCUT2D eigenvalue weighted by Gasteiger charge is 2.33. The minimum Gasteiger partial charge on any atom is -0.481 e. The average Bonchev–Trinajstić information content (AvgIpc) is 2.90. The predicted molar refractivity (Wildman–Crippen MR) is 136 cm³/mol. The van der Waals surface area contributed by atoms with Crippen LogP contribution in [0.25, 0.3) is 11.0 Å². The van der Waals surface area contributed by atoms with E-state index in [-0.39, 0.29) is 23.6 Å². The molecule has 0 aromatic carbocycles. The molecule has 1 saturated heterocycles. The van der Waals surface area contributed by atoms with Gasteiger partial charge >= 0.3 is 0 Å². The summed E-state index contributed by atoms with van der Waals surface area (Å²) >= 11 is 1.40. The van der Waals surface area contributed by atoms with Gasteiger partial charge in [-0.1, -0.05) is 0 Å². The molecule has 2 atom stereocenters. The van der Waals surface area contributed by atoms with Crippen molar-refractivity contribution in [3.63, 3.8) is 0 Å². The molecule has 36 heavy (non-hydrogen) atoms. The van der Waals surface area contributed by atoms with E-state index in [2.05, 4.69) is 25.2 Å². The predicted octanol–water partition coefficient (Wildman–Crippen LogP) is 1.83. The molecule has 0 aliphatic carbocycles. The van der Waals surface area contributed by atoms with E-state index in [1.54, 1.807) is 43.5 Å². The molecule has 2 aliphatic rings. The Balaban J connectivity index is 1.21. The van der Waals surface area contributed by atoms with Crippen molar-refractivity contribution in [2.24, 2.45) is 0 Å². The normalized spacial score (nSPS) is 20.0. The molecule has 3 aromatic rings. The molecule has 5 heterocycles. The van der Waals surface area contributed by atoms with Crippen LogP contribution in [0.2, 0.25) is 0 Å². The first-order valence-electron chi connectivity index (χ1n) is 11.8. The number of amides is 2. The smallest absolute Gasteiger partial charge is 0.272 e. The number of anilines is 1. The zero-order valence-electron chi connectivity index (χ0n) is 20.2. The molecule has 5 rings (SSSR count). The van der Waals surface area contributed by atoms with Crippen molar-refractivity contribution in [3.05, 3.63) is 47.8 Å². The molecule has 2 aliphatic heterocycles. The lowest BCUT2D eigenvalue weighted by Crippen LogP contribution is -2.54. The van der Waals surface area contributed by atoms with E-state index in [0.717, 1.165) is 41.0 Å². The topological polar surface area (TPSA) is 121 Å². The lowest BCUT2D eigenvalue weighted by Gasteiger charge is -2.40. The summed E-state index contributed by atoms with van der Waals surface area (Å²) in [7, 11) is 3.29. The van der Waals surface area contributed by atoms with E-state index >= 15 is 0 Å². The van der Waals surface area contributed by atoms with Gasteiger partial charge in [0.25, 0.3) is 5.91 Å². The van der Waals surface area contributed by atoms with E-state index in [1.165, 1.54) is 11.8 Å². The molecule has 11 heteroatoms. The number of nitrogens with zero attached hydrogens (tertiary/aromatic N) is 5. The number of aliphatic hydroxyl groups is 1. The molecule has 10 nitrogen and oxygen atoms in total. The summed E-state index contributed by atoms with van der Waals surface area (Å²) in [5.41, 5.74) is 2.97. The largest absolute Gasteiger partial charge is 0.481 e. The molecule has 1 fully saturated rings. The van der Waals surface area contributed by atoms with Crippen molar-refractivity contribution in [2.45, 2.75) is 29.9 Å². The van der Waals surface area contributed by atoms with Crippen molar-refractivity contribution in [1.29, 1.82) is 0 Å². The second kappa shape index (κ2) is 10.4. The Bertz CT molecular complexity index is 1300. The number of hydrogen-bond donors (Lipinski definition) is 2. The van der Waals surface area contributed by atoms with Crippen LogP contribution in [0.15, 0.2) is 41.4 Å². The van der Waals surface area contributed by atoms with Gasteiger partial charge in [0.15, 0.2) is 0 Å². The number of piperidine rings is 1. The highest BCUT2D eigenvalue weighted by Crippen LogP contribution is 2.30. The number of aromatic nitrogens is 3. The van der Waals surface area contributed by atoms with Gasteiger partial charge in [-0.15, -0.1) is 11.8 Å². The zero-order valence-corrected chi connectivity index (χ0v) is 21.0. The summed E-state index contributed by atoms with van der Waals surface area (Å²) in [6, 6.07) is 8.83. The van der Waals surface area contributed by atoms with Crippen LogP contribution in [0.1, 0.15) is 22.5 Å². The fourth-order valence-electron chi connectivity index (χ4n) is 4.71. The molecular formula is C25H28N6O4S. The van der Waals surface area contributed by atoms with Gasteiger partial charge in [-0.3, -0.25) is 14.6 Å². The fourth-order valence-corrected chi connectivity index (χ4v) is 5.47. The molecule has 0 spiro atoms. The molecular weight excluding hydrogens is 480 g/mol. The molecule has 2 amide bonds. The van der Waals surface area contributed by atoms with Crippen LogP contribution in [0.4, 0.5) is 5.82 Å². The maximum Gasteiger partial charge on any atom is 0.272 e. The van der Waals surface area contributed by atoms with Gasteiger partial charge in [-0.05, 0) is 42.7 Å². The fraction of sp³-hybridized carbons (Fsp3) is 0.400. The van der Waals surface area contributed by atoms with E-state index in [0.29, 0.717) is 30.4 Å². The van der Waals surface area contributed by atoms with Crippen molar-refractivity contribution in [3.8, 4) is 5.88 Å². The summed E-state index contributed by atoms with van der Waals surface area (Å²) in [5.74, 6) is 0.907. The summed E-state index contributed by atoms with van der Waals surface area (Å²) in [6.07, 6.45) is 2.50. The number of aliphatic hydroxyl groups excluding tert-OH is 1. The number of carbonyl (C=O) groups excluding carboxylic acids is 2. The number of thioether (sulfide) groups is 1. The molecule has 3 aromatic heterocycles. The van der Waals surface area contributed by atoms with Crippen LogP contribution in [0.3, 0.4) is 0 Å². The van der Waals surface area contributed by atoms with Crippen molar-refractivity contribution < 1.29 is 19.4 Å². The zero-order chi connectivity index (χ0) is 25.2. The maximum absolute atomic E-state index is 13.1. The summed E-state index contributed by atoms with van der Waals surface area (Å²) < 4.78 is 5.26. The van der Waals surface area contributed by atoms with E-state index in [4.69, 9.17) is 4.74 Å². The first-order valence-corrected chi connectivity index (χ1v) is 12.8. The number of likely N-dealkylation sites (N-methyl/N-ethyl adjacent to an activating group) is 1. The Morgan fingerprint density at radius 1 is 1.28 bits per heavy atom. The SMILES string of the molecule is COc1ccc2nccc(CCN3CC[C@H](N(C)C(=O)c4ccc5c(n4)NC(=O)CS5)[C@@H](O)C3)c2n1. The summed E-state index contributed by atoms with van der Waals surface area (Å²) in [5, 5.41) is 13.6. The number of hydrogen-bond acceptors (Lipinski definition) is 9. The Hall–Kier alpha value is -3.28. The summed E-state index contributed by atoms with van der Waals surface area (Å²) in [4.78, 5) is 42.7. The van der Waals surface area contributed by atoms with Crippen LogP contribution in [0, 0.1) is 0 Å². The standard InChI is InChI=1S/C25H28N6O4S/c1-30(25(34)17-3-5-20-24(27-17)28-21(33)14-36-20)18-9-12-31(13-19(18)32)11-8-15-7-10-26-16-4-6-22(35-2)29-23(15)16/h3-7,10,18-19,32H,8-9,11-14H2,1-2H3,(H,27,28,33)/t18-,19-/m0/s1. The third-order valence-corrected chi connectivity index (χ3v) is 7.74. The highest BCUT2D eigenvalue weighted by molar-refractivity contribution is 8.00. The third-order valence-electron chi connectivity index (χ3n) is 6.69. The van der Waals surface area contributed by atoms with Crippen molar-refractivity contribution >= 4 is 40.4 Å². The van der Waals surface area contributed by atoms with Crippen molar-refractivity contribution in [2.75, 3.05) is 44.9 Å². The van der Waals surface area contributed by atoms with Gasteiger partial charge in [0.1, 0.15) is 11.5 Å². The number of rotatable bonds is 6. The number of nitrogens with one attached hydrogen (secondary N) is 1. The van der Waals surface area contributed by atoms with Crippen LogP contribution in [0.5, 0.6) is 5.88 Å². The van der Waals surface area contributed by atoms with Crippen LogP contribution in [-0.2, 0) is 11.2 Å². The van der Waals surface area contributed by atoms with Gasteiger partial charge in [-0.2, -0.15) is 0 Å². The Morgan fingerprint density at radius 3 is 2.94 bits per heavy atom. The number of pyridine rings is 3. The van der Waals surface area contributed by atoms with Gasteiger partial charge in [0, 0.05) is 38.9 Å². The van der Waals surface area contributed by atoms with E-state index < -0.39 is 6.10 Å². The third kappa shape index (κ3) is 4.99. The Kier molecular flexibility index (Phi) is 7.04. The molecule has 0 saturated carbocycles. The molecule has 0 unspecified atom stereocenters. The lowest BCUT2D eigenvalue weighted by molar-refractivity contribution is -0.113. The number of methoxy groups -OCH3 is 1. The molecule has 188 valence electrons. The molecule has 2 N–H and O–H groups in total. The van der Waals surface area contributed by atoms with E-state index in [9.17, 15) is 14.7 Å². The number of fused-ring (bicyclic) bond motifs is 2. The van der Waals surface area contributed by atoms with Crippen LogP contribution >= 0.6 is 11.8 Å². The number of ether oxygens (including phenoxy) is 1. The summed E-state index contributed by atoms with van der Waals surface area (Å²) in [6.45, 7) is 1.97. The number of carbonyl (C=O) groups is 2. The second-order valence-electron chi connectivity index (χ2n) is 8.96.